The number of hydrogen-bond acceptors (Lipinski definition) is 9. The molecular weight excluding hydrogens is 472 g/mol. The van der Waals surface area contributed by atoms with Crippen LogP contribution < -0.4 is 9.64 Å². The average Bonchev–Trinajstić information content (AvgIpc) is 3.41. The summed E-state index contributed by atoms with van der Waals surface area (Å²) in [6, 6.07) is 7.82. The molecule has 1 saturated heterocycles. The molecule has 0 aliphatic carbocycles. The third-order valence-corrected chi connectivity index (χ3v) is 6.56. The number of methoxy groups -OCH3 is 1. The van der Waals surface area contributed by atoms with Crippen molar-refractivity contribution in [3.63, 3.8) is 0 Å². The van der Waals surface area contributed by atoms with E-state index in [9.17, 15) is 9.59 Å². The van der Waals surface area contributed by atoms with Crippen molar-refractivity contribution in [3.05, 3.63) is 67.3 Å². The predicted octanol–water partition coefficient (Wildman–Crippen LogP) is 2.50. The van der Waals surface area contributed by atoms with Crippen LogP contribution in [0.2, 0.25) is 0 Å². The Labute approximate surface area is 211 Å². The Kier molecular flexibility index (Phi) is 5.64. The number of ether oxygens (including phenoxy) is 1. The second kappa shape index (κ2) is 9.26. The van der Waals surface area contributed by atoms with Gasteiger partial charge in [0.1, 0.15) is 24.2 Å². The molecule has 1 aromatic carbocycles. The lowest BCUT2D eigenvalue weighted by Gasteiger charge is -2.35. The van der Waals surface area contributed by atoms with Gasteiger partial charge in [-0.05, 0) is 12.1 Å². The molecule has 1 fully saturated rings. The predicted molar refractivity (Wildman–Crippen MR) is 136 cm³/mol. The first-order chi connectivity index (χ1) is 18.2. The van der Waals surface area contributed by atoms with Crippen molar-refractivity contribution in [1.29, 1.82) is 0 Å². The molecule has 184 valence electrons. The minimum absolute atomic E-state index is 0.238. The summed E-state index contributed by atoms with van der Waals surface area (Å²) < 4.78 is 5.48. The van der Waals surface area contributed by atoms with Crippen LogP contribution in [0.5, 0.6) is 5.75 Å². The molecular formula is C26H22N8O3. The number of carbonyl (C=O) groups excluding carboxylic acids is 2. The van der Waals surface area contributed by atoms with Gasteiger partial charge in [-0.2, -0.15) is 0 Å². The van der Waals surface area contributed by atoms with Gasteiger partial charge in [0.15, 0.2) is 0 Å². The monoisotopic (exact) mass is 494 g/mol. The number of H-pyrrole nitrogens is 1. The van der Waals surface area contributed by atoms with Gasteiger partial charge in [0.25, 0.3) is 11.7 Å². The average molecular weight is 495 g/mol. The number of para-hydroxylation sites is 1. The maximum Gasteiger partial charge on any atom is 0.295 e. The van der Waals surface area contributed by atoms with Gasteiger partial charge >= 0.3 is 0 Å². The second-order valence-corrected chi connectivity index (χ2v) is 8.58. The van der Waals surface area contributed by atoms with Gasteiger partial charge in [-0.1, -0.05) is 12.1 Å². The van der Waals surface area contributed by atoms with Crippen LogP contribution in [0.3, 0.4) is 0 Å². The van der Waals surface area contributed by atoms with Crippen LogP contribution in [0.4, 0.5) is 5.82 Å². The number of benzene rings is 1. The molecule has 11 heteroatoms. The van der Waals surface area contributed by atoms with E-state index in [0.29, 0.717) is 54.1 Å². The minimum Gasteiger partial charge on any atom is -0.494 e. The number of ketones is 1. The Morgan fingerprint density at radius 1 is 0.946 bits per heavy atom. The van der Waals surface area contributed by atoms with E-state index in [0.717, 1.165) is 16.7 Å². The molecule has 1 aliphatic heterocycles. The molecule has 0 unspecified atom stereocenters. The maximum absolute atomic E-state index is 13.4. The smallest absolute Gasteiger partial charge is 0.295 e. The van der Waals surface area contributed by atoms with E-state index >= 15 is 0 Å². The van der Waals surface area contributed by atoms with Crippen LogP contribution in [0, 0.1) is 0 Å². The highest BCUT2D eigenvalue weighted by Crippen LogP contribution is 2.34. The van der Waals surface area contributed by atoms with Gasteiger partial charge in [-0.15, -0.1) is 0 Å². The number of pyridine rings is 1. The zero-order chi connectivity index (χ0) is 25.4. The van der Waals surface area contributed by atoms with Crippen molar-refractivity contribution in [2.75, 3.05) is 38.2 Å². The van der Waals surface area contributed by atoms with E-state index in [2.05, 4.69) is 34.8 Å². The first-order valence-corrected chi connectivity index (χ1v) is 11.7. The van der Waals surface area contributed by atoms with E-state index < -0.39 is 11.7 Å². The highest BCUT2D eigenvalue weighted by Gasteiger charge is 2.30. The van der Waals surface area contributed by atoms with Crippen LogP contribution in [0.25, 0.3) is 33.1 Å². The van der Waals surface area contributed by atoms with Crippen molar-refractivity contribution in [3.8, 4) is 17.0 Å². The fraction of sp³-hybridized carbons (Fsp3) is 0.192. The van der Waals surface area contributed by atoms with Gasteiger partial charge in [-0.25, -0.2) is 19.9 Å². The summed E-state index contributed by atoms with van der Waals surface area (Å²) in [6.07, 6.45) is 9.31. The molecule has 0 atom stereocenters. The summed E-state index contributed by atoms with van der Waals surface area (Å²) in [5, 5.41) is 1.46. The van der Waals surface area contributed by atoms with Crippen molar-refractivity contribution in [2.24, 2.45) is 0 Å². The van der Waals surface area contributed by atoms with Crippen molar-refractivity contribution in [2.45, 2.75) is 0 Å². The molecule has 1 N–H and O–H groups in total. The molecule has 0 bridgehead atoms. The molecule has 1 aliphatic rings. The molecule has 11 nitrogen and oxygen atoms in total. The molecule has 0 spiro atoms. The molecule has 0 radical (unpaired) electrons. The van der Waals surface area contributed by atoms with Gasteiger partial charge in [0.2, 0.25) is 0 Å². The molecule has 0 saturated carbocycles. The Morgan fingerprint density at radius 2 is 1.73 bits per heavy atom. The van der Waals surface area contributed by atoms with Gasteiger partial charge in [0, 0.05) is 55.7 Å². The summed E-state index contributed by atoms with van der Waals surface area (Å²) in [5.41, 5.74) is 2.92. The number of carbonyl (C=O) groups is 2. The lowest BCUT2D eigenvalue weighted by molar-refractivity contribution is -0.126. The van der Waals surface area contributed by atoms with Crippen molar-refractivity contribution >= 4 is 39.3 Å². The maximum atomic E-state index is 13.4. The SMILES string of the molecule is COc1cnc(-c2cncnc2)c2[nH]cc(C(=O)C(=O)N3CCN(c4ncnc5ccccc45)CC3)c12. The zero-order valence-corrected chi connectivity index (χ0v) is 20.0. The van der Waals surface area contributed by atoms with Crippen LogP contribution >= 0.6 is 0 Å². The number of Topliss-reactive ketones (excluding diaryl/α,β-unsaturated/α-hetero) is 1. The highest BCUT2D eigenvalue weighted by atomic mass is 16.5. The summed E-state index contributed by atoms with van der Waals surface area (Å²) in [6.45, 7) is 1.91. The molecule has 5 heterocycles. The van der Waals surface area contributed by atoms with E-state index in [1.165, 1.54) is 25.8 Å². The first-order valence-electron chi connectivity index (χ1n) is 11.7. The van der Waals surface area contributed by atoms with E-state index in [-0.39, 0.29) is 5.56 Å². The number of hydrogen-bond donors (Lipinski definition) is 1. The Morgan fingerprint density at radius 3 is 2.51 bits per heavy atom. The fourth-order valence-electron chi connectivity index (χ4n) is 4.72. The second-order valence-electron chi connectivity index (χ2n) is 8.58. The highest BCUT2D eigenvalue weighted by molar-refractivity contribution is 6.45. The third-order valence-electron chi connectivity index (χ3n) is 6.56. The topological polar surface area (TPSA) is 130 Å². The molecule has 37 heavy (non-hydrogen) atoms. The zero-order valence-electron chi connectivity index (χ0n) is 20.0. The van der Waals surface area contributed by atoms with Gasteiger partial charge < -0.3 is 19.5 Å². The fourth-order valence-corrected chi connectivity index (χ4v) is 4.72. The largest absolute Gasteiger partial charge is 0.494 e. The number of anilines is 1. The van der Waals surface area contributed by atoms with E-state index in [4.69, 9.17) is 4.74 Å². The summed E-state index contributed by atoms with van der Waals surface area (Å²) in [7, 11) is 1.50. The summed E-state index contributed by atoms with van der Waals surface area (Å²) >= 11 is 0. The molecule has 5 aromatic rings. The molecule has 4 aromatic heterocycles. The minimum atomic E-state index is -0.605. The number of aromatic nitrogens is 6. The lowest BCUT2D eigenvalue weighted by atomic mass is 10.1. The Hall–Kier alpha value is -4.93. The van der Waals surface area contributed by atoms with Crippen LogP contribution in [-0.4, -0.2) is 79.8 Å². The summed E-state index contributed by atoms with van der Waals surface area (Å²) in [5.74, 6) is 0.0623. The quantitative estimate of drug-likeness (QED) is 0.289. The van der Waals surface area contributed by atoms with Crippen molar-refractivity contribution < 1.29 is 14.3 Å². The van der Waals surface area contributed by atoms with E-state index in [1.54, 1.807) is 23.6 Å². The first kappa shape index (κ1) is 22.5. The Bertz CT molecular complexity index is 1620. The lowest BCUT2D eigenvalue weighted by Crippen LogP contribution is -2.51. The number of nitrogens with one attached hydrogen (secondary N) is 1. The van der Waals surface area contributed by atoms with Crippen LogP contribution in [-0.2, 0) is 4.79 Å². The number of amides is 1. The molecule has 6 rings (SSSR count). The van der Waals surface area contributed by atoms with Gasteiger partial charge in [-0.3, -0.25) is 14.6 Å². The van der Waals surface area contributed by atoms with Crippen molar-refractivity contribution in [1.82, 2.24) is 34.8 Å². The number of piperazine rings is 1. The number of fused-ring (bicyclic) bond motifs is 2. The third kappa shape index (κ3) is 3.90. The molecule has 1 amide bonds. The van der Waals surface area contributed by atoms with Crippen LogP contribution in [0.15, 0.2) is 61.7 Å². The number of aromatic amines is 1. The Balaban J connectivity index is 1.25. The standard InChI is InChI=1S/C26H22N8O3/c1-37-20-13-30-22(16-10-27-14-28-11-16)23-21(20)18(12-29-23)24(35)26(36)34-8-6-33(7-9-34)25-17-4-2-3-5-19(17)31-15-32-25/h2-5,10-15,29H,6-9H2,1H3. The van der Waals surface area contributed by atoms with Crippen LogP contribution in [0.1, 0.15) is 10.4 Å². The normalized spacial score (nSPS) is 13.8. The summed E-state index contributed by atoms with van der Waals surface area (Å²) in [4.78, 5) is 54.9. The van der Waals surface area contributed by atoms with E-state index in [1.807, 2.05) is 24.3 Å². The number of rotatable bonds is 5. The van der Waals surface area contributed by atoms with Gasteiger partial charge in [0.05, 0.1) is 41.0 Å². The number of nitrogens with zero attached hydrogens (tertiary/aromatic N) is 7.